The SMILES string of the molecule is CCOC1CC(NC(=O)[C@@H]2CC[C@H](C(=O)O)C2)C12CCC2. The number of nitrogens with one attached hydrogen (secondary N) is 1. The number of carboxylic acid groups (broad SMARTS) is 1. The van der Waals surface area contributed by atoms with Crippen LogP contribution in [0.5, 0.6) is 0 Å². The Kier molecular flexibility index (Phi) is 3.95. The van der Waals surface area contributed by atoms with Crippen molar-refractivity contribution in [1.29, 1.82) is 0 Å². The highest BCUT2D eigenvalue weighted by molar-refractivity contribution is 5.81. The average Bonchev–Trinajstić information content (AvgIpc) is 2.85. The number of carbonyl (C=O) groups excluding carboxylic acids is 1. The van der Waals surface area contributed by atoms with Crippen molar-refractivity contribution in [2.75, 3.05) is 6.61 Å². The summed E-state index contributed by atoms with van der Waals surface area (Å²) in [5.74, 6) is -1.16. The molecule has 5 heteroatoms. The van der Waals surface area contributed by atoms with Crippen molar-refractivity contribution >= 4 is 11.9 Å². The molecule has 0 heterocycles. The minimum absolute atomic E-state index is 0.0602. The third-order valence-electron chi connectivity index (χ3n) is 5.91. The predicted molar refractivity (Wildman–Crippen MR) is 76.7 cm³/mol. The lowest BCUT2D eigenvalue weighted by molar-refractivity contribution is -0.176. The van der Waals surface area contributed by atoms with Gasteiger partial charge in [-0.15, -0.1) is 0 Å². The second-order valence-corrected chi connectivity index (χ2v) is 6.87. The molecular weight excluding hydrogens is 270 g/mol. The maximum atomic E-state index is 12.4. The molecule has 5 nitrogen and oxygen atoms in total. The molecule has 0 aliphatic heterocycles. The summed E-state index contributed by atoms with van der Waals surface area (Å²) in [7, 11) is 0. The standard InChI is InChI=1S/C16H25NO4/c1-2-21-13-9-12(16(13)6-3-7-16)17-14(18)10-4-5-11(8-10)15(19)20/h10-13H,2-9H2,1H3,(H,17,18)(H,19,20)/t10-,11+,12?,13?/m1/s1. The summed E-state index contributed by atoms with van der Waals surface area (Å²) in [6.45, 7) is 2.75. The van der Waals surface area contributed by atoms with Crippen molar-refractivity contribution in [3.8, 4) is 0 Å². The van der Waals surface area contributed by atoms with Crippen LogP contribution in [0.1, 0.15) is 51.9 Å². The van der Waals surface area contributed by atoms with E-state index in [-0.39, 0.29) is 29.2 Å². The van der Waals surface area contributed by atoms with Crippen LogP contribution in [-0.4, -0.2) is 35.7 Å². The van der Waals surface area contributed by atoms with Gasteiger partial charge in [-0.3, -0.25) is 9.59 Å². The maximum absolute atomic E-state index is 12.4. The van der Waals surface area contributed by atoms with Gasteiger partial charge in [-0.1, -0.05) is 6.42 Å². The van der Waals surface area contributed by atoms with Crippen molar-refractivity contribution in [3.63, 3.8) is 0 Å². The van der Waals surface area contributed by atoms with Crippen molar-refractivity contribution in [2.24, 2.45) is 17.3 Å². The molecular formula is C16H25NO4. The number of hydrogen-bond donors (Lipinski definition) is 2. The summed E-state index contributed by atoms with van der Waals surface area (Å²) < 4.78 is 5.79. The van der Waals surface area contributed by atoms with Crippen LogP contribution in [-0.2, 0) is 14.3 Å². The van der Waals surface area contributed by atoms with Gasteiger partial charge in [0.15, 0.2) is 0 Å². The largest absolute Gasteiger partial charge is 0.481 e. The van der Waals surface area contributed by atoms with E-state index in [2.05, 4.69) is 5.32 Å². The van der Waals surface area contributed by atoms with Crippen molar-refractivity contribution in [2.45, 2.75) is 64.0 Å². The highest BCUT2D eigenvalue weighted by Crippen LogP contribution is 2.57. The van der Waals surface area contributed by atoms with Crippen LogP contribution in [0, 0.1) is 17.3 Å². The van der Waals surface area contributed by atoms with E-state index in [1.54, 1.807) is 0 Å². The van der Waals surface area contributed by atoms with Gasteiger partial charge in [0.1, 0.15) is 0 Å². The van der Waals surface area contributed by atoms with Crippen molar-refractivity contribution in [1.82, 2.24) is 5.32 Å². The minimum Gasteiger partial charge on any atom is -0.481 e. The van der Waals surface area contributed by atoms with E-state index >= 15 is 0 Å². The molecule has 0 radical (unpaired) electrons. The summed E-state index contributed by atoms with van der Waals surface area (Å²) in [6, 6.07) is 0.235. The molecule has 3 aliphatic carbocycles. The van der Waals surface area contributed by atoms with Crippen LogP contribution in [0.2, 0.25) is 0 Å². The number of rotatable bonds is 5. The van der Waals surface area contributed by atoms with E-state index in [1.165, 1.54) is 6.42 Å². The first-order valence-electron chi connectivity index (χ1n) is 8.21. The van der Waals surface area contributed by atoms with Gasteiger partial charge in [-0.2, -0.15) is 0 Å². The van der Waals surface area contributed by atoms with E-state index in [4.69, 9.17) is 9.84 Å². The number of amides is 1. The third-order valence-corrected chi connectivity index (χ3v) is 5.91. The fraction of sp³-hybridized carbons (Fsp3) is 0.875. The molecule has 0 aromatic carbocycles. The first kappa shape index (κ1) is 14.8. The minimum atomic E-state index is -0.763. The quantitative estimate of drug-likeness (QED) is 0.813. The highest BCUT2D eigenvalue weighted by Gasteiger charge is 2.59. The van der Waals surface area contributed by atoms with Gasteiger partial charge in [0.25, 0.3) is 0 Å². The lowest BCUT2D eigenvalue weighted by Gasteiger charge is -2.61. The molecule has 21 heavy (non-hydrogen) atoms. The predicted octanol–water partition coefficient (Wildman–Crippen LogP) is 1.95. The highest BCUT2D eigenvalue weighted by atomic mass is 16.5. The van der Waals surface area contributed by atoms with Gasteiger partial charge in [-0.05, 0) is 45.4 Å². The van der Waals surface area contributed by atoms with Gasteiger partial charge in [0, 0.05) is 24.0 Å². The molecule has 0 saturated heterocycles. The van der Waals surface area contributed by atoms with E-state index in [9.17, 15) is 9.59 Å². The zero-order chi connectivity index (χ0) is 15.0. The lowest BCUT2D eigenvalue weighted by Crippen LogP contribution is -2.68. The molecule has 0 aromatic heterocycles. The molecule has 0 bridgehead atoms. The Bertz CT molecular complexity index is 432. The van der Waals surface area contributed by atoms with Crippen LogP contribution in [0.25, 0.3) is 0 Å². The molecule has 3 saturated carbocycles. The molecule has 1 spiro atoms. The second-order valence-electron chi connectivity index (χ2n) is 6.87. The van der Waals surface area contributed by atoms with Gasteiger partial charge >= 0.3 is 5.97 Å². The van der Waals surface area contributed by atoms with Gasteiger partial charge in [0.05, 0.1) is 12.0 Å². The average molecular weight is 295 g/mol. The van der Waals surface area contributed by atoms with Crippen LogP contribution < -0.4 is 5.32 Å². The Balaban J connectivity index is 1.53. The normalized spacial score (nSPS) is 36.8. The molecule has 3 aliphatic rings. The Morgan fingerprint density at radius 3 is 2.48 bits per heavy atom. The molecule has 2 N–H and O–H groups in total. The molecule has 3 rings (SSSR count). The zero-order valence-electron chi connectivity index (χ0n) is 12.6. The fourth-order valence-corrected chi connectivity index (χ4v) is 4.37. The number of carboxylic acids is 1. The number of ether oxygens (including phenoxy) is 1. The van der Waals surface area contributed by atoms with Crippen LogP contribution in [0.15, 0.2) is 0 Å². The molecule has 118 valence electrons. The maximum Gasteiger partial charge on any atom is 0.306 e. The number of hydrogen-bond acceptors (Lipinski definition) is 3. The van der Waals surface area contributed by atoms with Crippen LogP contribution in [0.3, 0.4) is 0 Å². The van der Waals surface area contributed by atoms with Gasteiger partial charge in [-0.25, -0.2) is 0 Å². The Hall–Kier alpha value is -1.10. The number of carbonyl (C=O) groups is 2. The molecule has 0 aromatic rings. The van der Waals surface area contributed by atoms with E-state index in [0.717, 1.165) is 25.9 Å². The summed E-state index contributed by atoms with van der Waals surface area (Å²) >= 11 is 0. The topological polar surface area (TPSA) is 75.6 Å². The summed E-state index contributed by atoms with van der Waals surface area (Å²) in [5, 5.41) is 12.2. The molecule has 1 amide bonds. The summed E-state index contributed by atoms with van der Waals surface area (Å²) in [5.41, 5.74) is 0.177. The number of aliphatic carboxylic acids is 1. The smallest absolute Gasteiger partial charge is 0.306 e. The molecule has 4 atom stereocenters. The van der Waals surface area contributed by atoms with Crippen molar-refractivity contribution in [3.05, 3.63) is 0 Å². The fourth-order valence-electron chi connectivity index (χ4n) is 4.37. The zero-order valence-corrected chi connectivity index (χ0v) is 12.6. The Morgan fingerprint density at radius 2 is 1.95 bits per heavy atom. The van der Waals surface area contributed by atoms with Gasteiger partial charge in [0.2, 0.25) is 5.91 Å². The first-order chi connectivity index (χ1) is 10.1. The third kappa shape index (κ3) is 2.45. The Labute approximate surface area is 125 Å². The summed E-state index contributed by atoms with van der Waals surface area (Å²) in [4.78, 5) is 23.3. The lowest BCUT2D eigenvalue weighted by atomic mass is 9.51. The monoisotopic (exact) mass is 295 g/mol. The van der Waals surface area contributed by atoms with Crippen molar-refractivity contribution < 1.29 is 19.4 Å². The van der Waals surface area contributed by atoms with Gasteiger partial charge < -0.3 is 15.2 Å². The second kappa shape index (κ2) is 5.59. The summed E-state index contributed by atoms with van der Waals surface area (Å²) in [6.07, 6.45) is 6.56. The van der Waals surface area contributed by atoms with E-state index < -0.39 is 5.97 Å². The first-order valence-corrected chi connectivity index (χ1v) is 8.21. The van der Waals surface area contributed by atoms with E-state index in [1.807, 2.05) is 6.92 Å². The Morgan fingerprint density at radius 1 is 1.24 bits per heavy atom. The van der Waals surface area contributed by atoms with E-state index in [0.29, 0.717) is 25.4 Å². The van der Waals surface area contributed by atoms with Crippen LogP contribution in [0.4, 0.5) is 0 Å². The molecule has 2 unspecified atom stereocenters. The molecule has 3 fully saturated rings. The van der Waals surface area contributed by atoms with Crippen LogP contribution >= 0.6 is 0 Å².